The van der Waals surface area contributed by atoms with E-state index in [1.807, 2.05) is 18.2 Å². The summed E-state index contributed by atoms with van der Waals surface area (Å²) in [5, 5.41) is 1.02. The highest BCUT2D eigenvalue weighted by molar-refractivity contribution is 7.21. The van der Waals surface area contributed by atoms with Crippen molar-refractivity contribution in [2.24, 2.45) is 5.73 Å². The molecular weight excluding hydrogens is 230 g/mol. The largest absolute Gasteiger partial charge is 0.326 e. The van der Waals surface area contributed by atoms with Gasteiger partial charge in [-0.15, -0.1) is 11.3 Å². The summed E-state index contributed by atoms with van der Waals surface area (Å²) < 4.78 is 1.16. The van der Waals surface area contributed by atoms with Crippen LogP contribution in [0.4, 0.5) is 0 Å². The zero-order valence-electron chi connectivity index (χ0n) is 9.13. The molecule has 1 aromatic carbocycles. The highest BCUT2D eigenvalue weighted by atomic mass is 32.1. The quantitative estimate of drug-likeness (QED) is 0.750. The number of benzene rings is 1. The molecule has 0 fully saturated rings. The lowest BCUT2D eigenvalue weighted by Gasteiger charge is -1.98. The topological polar surface area (TPSA) is 51.8 Å². The van der Waals surface area contributed by atoms with E-state index in [9.17, 15) is 0 Å². The summed E-state index contributed by atoms with van der Waals surface area (Å²) in [5.74, 6) is 0. The molecule has 0 saturated carbocycles. The fourth-order valence-corrected chi connectivity index (χ4v) is 2.62. The van der Waals surface area contributed by atoms with Crippen LogP contribution < -0.4 is 5.73 Å². The summed E-state index contributed by atoms with van der Waals surface area (Å²) in [7, 11) is 0. The van der Waals surface area contributed by atoms with Gasteiger partial charge in [0.15, 0.2) is 0 Å². The van der Waals surface area contributed by atoms with Crippen molar-refractivity contribution < 1.29 is 0 Å². The first-order valence-corrected chi connectivity index (χ1v) is 6.18. The Morgan fingerprint density at radius 2 is 1.94 bits per heavy atom. The van der Waals surface area contributed by atoms with Crippen molar-refractivity contribution in [2.75, 3.05) is 0 Å². The first-order valence-electron chi connectivity index (χ1n) is 5.37. The molecule has 4 heteroatoms. The molecule has 0 atom stereocenters. The Hall–Kier alpha value is -1.78. The third-order valence-electron chi connectivity index (χ3n) is 2.63. The Morgan fingerprint density at radius 1 is 1.12 bits per heavy atom. The van der Waals surface area contributed by atoms with Crippen LogP contribution in [-0.2, 0) is 6.54 Å². The number of hydrogen-bond donors (Lipinski definition) is 1. The van der Waals surface area contributed by atoms with Crippen LogP contribution in [0.5, 0.6) is 0 Å². The minimum Gasteiger partial charge on any atom is -0.326 e. The van der Waals surface area contributed by atoms with E-state index in [0.29, 0.717) is 6.54 Å². The number of aromatic nitrogens is 2. The van der Waals surface area contributed by atoms with Gasteiger partial charge < -0.3 is 5.73 Å². The van der Waals surface area contributed by atoms with Gasteiger partial charge in [-0.05, 0) is 11.6 Å². The molecule has 17 heavy (non-hydrogen) atoms. The van der Waals surface area contributed by atoms with Gasteiger partial charge in [-0.3, -0.25) is 4.98 Å². The Bertz CT molecular complexity index is 610. The molecule has 0 unspecified atom stereocenters. The molecule has 3 nitrogen and oxygen atoms in total. The van der Waals surface area contributed by atoms with Crippen molar-refractivity contribution in [3.05, 3.63) is 48.3 Å². The Balaban J connectivity index is 2.07. The van der Waals surface area contributed by atoms with Crippen molar-refractivity contribution in [3.63, 3.8) is 0 Å². The smallest absolute Gasteiger partial charge is 0.124 e. The molecule has 0 radical (unpaired) electrons. The second-order valence-corrected chi connectivity index (χ2v) is 4.79. The van der Waals surface area contributed by atoms with Gasteiger partial charge in [0.1, 0.15) is 10.5 Å². The van der Waals surface area contributed by atoms with Gasteiger partial charge >= 0.3 is 0 Å². The minimum atomic E-state index is 0.573. The highest BCUT2D eigenvalue weighted by Gasteiger charge is 2.05. The summed E-state index contributed by atoms with van der Waals surface area (Å²) in [6, 6.07) is 10.2. The van der Waals surface area contributed by atoms with E-state index >= 15 is 0 Å². The van der Waals surface area contributed by atoms with Gasteiger partial charge in [0.05, 0.1) is 10.9 Å². The summed E-state index contributed by atoms with van der Waals surface area (Å²) in [6.07, 6.45) is 3.59. The fourth-order valence-electron chi connectivity index (χ4n) is 1.69. The van der Waals surface area contributed by atoms with E-state index in [0.717, 1.165) is 26.4 Å². The van der Waals surface area contributed by atoms with E-state index in [1.54, 1.807) is 23.7 Å². The molecule has 3 rings (SSSR count). The van der Waals surface area contributed by atoms with Crippen LogP contribution in [0.15, 0.2) is 42.7 Å². The maximum atomic E-state index is 5.58. The maximum Gasteiger partial charge on any atom is 0.124 e. The van der Waals surface area contributed by atoms with Crippen LogP contribution in [0.2, 0.25) is 0 Å². The van der Waals surface area contributed by atoms with Crippen LogP contribution in [-0.4, -0.2) is 9.97 Å². The molecule has 0 aliphatic carbocycles. The van der Waals surface area contributed by atoms with Gasteiger partial charge in [-0.2, -0.15) is 0 Å². The lowest BCUT2D eigenvalue weighted by atomic mass is 10.1. The Kier molecular flexibility index (Phi) is 2.59. The van der Waals surface area contributed by atoms with E-state index in [2.05, 4.69) is 22.1 Å². The molecule has 0 spiro atoms. The number of hydrogen-bond acceptors (Lipinski definition) is 4. The number of pyridine rings is 1. The van der Waals surface area contributed by atoms with Crippen molar-refractivity contribution in [2.45, 2.75) is 6.54 Å². The molecule has 0 saturated heterocycles. The second-order valence-electron chi connectivity index (χ2n) is 3.76. The number of thiazole rings is 1. The first-order chi connectivity index (χ1) is 8.36. The van der Waals surface area contributed by atoms with E-state index in [4.69, 9.17) is 5.73 Å². The van der Waals surface area contributed by atoms with Gasteiger partial charge in [-0.25, -0.2) is 4.98 Å². The molecule has 3 aromatic rings. The van der Waals surface area contributed by atoms with Crippen LogP contribution in [0.3, 0.4) is 0 Å². The van der Waals surface area contributed by atoms with Crippen LogP contribution >= 0.6 is 11.3 Å². The molecule has 0 aliphatic heterocycles. The van der Waals surface area contributed by atoms with Gasteiger partial charge in [0.2, 0.25) is 0 Å². The average Bonchev–Trinajstić information content (AvgIpc) is 2.82. The van der Waals surface area contributed by atoms with Gasteiger partial charge in [0.25, 0.3) is 0 Å². The van der Waals surface area contributed by atoms with Crippen LogP contribution in [0, 0.1) is 0 Å². The number of nitrogens with two attached hydrogens (primary N) is 1. The lowest BCUT2D eigenvalue weighted by Crippen LogP contribution is -1.94. The first kappa shape index (κ1) is 10.4. The maximum absolute atomic E-state index is 5.58. The highest BCUT2D eigenvalue weighted by Crippen LogP contribution is 2.29. The number of rotatable bonds is 2. The van der Waals surface area contributed by atoms with Gasteiger partial charge in [0, 0.05) is 18.3 Å². The molecule has 2 N–H and O–H groups in total. The molecule has 2 aromatic heterocycles. The predicted octanol–water partition coefficient (Wildman–Crippen LogP) is 2.82. The van der Waals surface area contributed by atoms with E-state index < -0.39 is 0 Å². The van der Waals surface area contributed by atoms with Crippen molar-refractivity contribution in [1.29, 1.82) is 0 Å². The summed E-state index contributed by atoms with van der Waals surface area (Å²) >= 11 is 1.68. The zero-order valence-corrected chi connectivity index (χ0v) is 9.95. The van der Waals surface area contributed by atoms with E-state index in [-0.39, 0.29) is 0 Å². The molecule has 84 valence electrons. The summed E-state index contributed by atoms with van der Waals surface area (Å²) in [4.78, 5) is 8.64. The van der Waals surface area contributed by atoms with Crippen LogP contribution in [0.25, 0.3) is 20.8 Å². The third-order valence-corrected chi connectivity index (χ3v) is 3.71. The number of fused-ring (bicyclic) bond motifs is 1. The zero-order chi connectivity index (χ0) is 11.7. The summed E-state index contributed by atoms with van der Waals surface area (Å²) in [6.45, 7) is 0.573. The normalized spacial score (nSPS) is 10.9. The molecule has 2 heterocycles. The predicted molar refractivity (Wildman–Crippen MR) is 70.7 cm³/mol. The summed E-state index contributed by atoms with van der Waals surface area (Å²) in [5.41, 5.74) is 8.80. The van der Waals surface area contributed by atoms with E-state index in [1.165, 1.54) is 0 Å². The van der Waals surface area contributed by atoms with Crippen LogP contribution in [0.1, 0.15) is 5.56 Å². The van der Waals surface area contributed by atoms with Gasteiger partial charge in [-0.1, -0.05) is 24.3 Å². The fraction of sp³-hybridized carbons (Fsp3) is 0.0769. The molecule has 0 bridgehead atoms. The minimum absolute atomic E-state index is 0.573. The SMILES string of the molecule is NCc1ccc(-c2nc3cnccc3s2)cc1. The monoisotopic (exact) mass is 241 g/mol. The Morgan fingerprint density at radius 3 is 2.65 bits per heavy atom. The van der Waals surface area contributed by atoms with Crippen molar-refractivity contribution >= 4 is 21.6 Å². The number of nitrogens with zero attached hydrogens (tertiary/aromatic N) is 2. The lowest BCUT2D eigenvalue weighted by molar-refractivity contribution is 1.07. The third kappa shape index (κ3) is 1.92. The van der Waals surface area contributed by atoms with Crippen molar-refractivity contribution in [3.8, 4) is 10.6 Å². The standard InChI is InChI=1S/C13H11N3S/c14-7-9-1-3-10(4-2-9)13-16-11-8-15-6-5-12(11)17-13/h1-6,8H,7,14H2. The molecule has 0 aliphatic rings. The molecular formula is C13H11N3S. The molecule has 0 amide bonds. The Labute approximate surface area is 103 Å². The van der Waals surface area contributed by atoms with Crippen molar-refractivity contribution in [1.82, 2.24) is 9.97 Å². The average molecular weight is 241 g/mol. The second kappa shape index (κ2) is 4.24.